The molecule has 38 heavy (non-hydrogen) atoms. The second-order valence-electron chi connectivity index (χ2n) is 11.1. The van der Waals surface area contributed by atoms with Crippen LogP contribution < -0.4 is 0 Å². The number of nitrogens with zero attached hydrogens (tertiary/aromatic N) is 4. The van der Waals surface area contributed by atoms with E-state index in [9.17, 15) is 0 Å². The second-order valence-corrected chi connectivity index (χ2v) is 11.1. The number of rotatable bonds is 3. The van der Waals surface area contributed by atoms with Gasteiger partial charge in [-0.1, -0.05) is 30.0 Å². The molecular formula is C32H34N6. The molecule has 2 aromatic carbocycles. The first-order chi connectivity index (χ1) is 18.6. The fourth-order valence-electron chi connectivity index (χ4n) is 6.40. The summed E-state index contributed by atoms with van der Waals surface area (Å²) in [5.41, 5.74) is 9.30. The van der Waals surface area contributed by atoms with Gasteiger partial charge in [0, 0.05) is 22.4 Å². The molecule has 2 aliphatic heterocycles. The molecule has 6 heteroatoms. The zero-order valence-electron chi connectivity index (χ0n) is 22.2. The highest BCUT2D eigenvalue weighted by atomic mass is 15.2. The maximum Gasteiger partial charge on any atom is 0.124 e. The Kier molecular flexibility index (Phi) is 5.91. The fourth-order valence-corrected chi connectivity index (χ4v) is 6.40. The fraction of sp³-hybridized carbons (Fsp3) is 0.375. The number of likely N-dealkylation sites (tertiary alicyclic amines) is 2. The first-order valence-corrected chi connectivity index (χ1v) is 13.9. The number of fused-ring (bicyclic) bond motifs is 3. The maximum atomic E-state index is 5.07. The number of hydrogen-bond donors (Lipinski definition) is 2. The van der Waals surface area contributed by atoms with Gasteiger partial charge < -0.3 is 9.97 Å². The van der Waals surface area contributed by atoms with Gasteiger partial charge in [-0.2, -0.15) is 0 Å². The van der Waals surface area contributed by atoms with Gasteiger partial charge in [0.05, 0.1) is 29.7 Å². The molecule has 0 saturated carbocycles. The number of imidazole rings is 2. The molecule has 2 fully saturated rings. The van der Waals surface area contributed by atoms with Gasteiger partial charge in [0.2, 0.25) is 0 Å². The van der Waals surface area contributed by atoms with Crippen LogP contribution in [-0.2, 0) is 12.8 Å². The number of hydrogen-bond acceptors (Lipinski definition) is 4. The Morgan fingerprint density at radius 2 is 1.53 bits per heavy atom. The summed E-state index contributed by atoms with van der Waals surface area (Å²) in [5.74, 6) is 8.94. The van der Waals surface area contributed by atoms with Crippen LogP contribution in [-0.4, -0.2) is 56.9 Å². The highest BCUT2D eigenvalue weighted by Crippen LogP contribution is 2.36. The average Bonchev–Trinajstić information content (AvgIpc) is 3.74. The summed E-state index contributed by atoms with van der Waals surface area (Å²) in [7, 11) is 4.38. The largest absolute Gasteiger partial charge is 0.344 e. The summed E-state index contributed by atoms with van der Waals surface area (Å²) in [6.45, 7) is 2.29. The van der Waals surface area contributed by atoms with Crippen LogP contribution in [0, 0.1) is 11.8 Å². The molecule has 0 spiro atoms. The Hall–Kier alpha value is -3.66. The topological polar surface area (TPSA) is 63.8 Å². The van der Waals surface area contributed by atoms with E-state index in [1.807, 2.05) is 6.20 Å². The molecule has 0 radical (unpaired) electrons. The Labute approximate surface area is 224 Å². The van der Waals surface area contributed by atoms with Crippen LogP contribution in [0.5, 0.6) is 0 Å². The molecule has 2 unspecified atom stereocenters. The lowest BCUT2D eigenvalue weighted by Gasteiger charge is -2.16. The lowest BCUT2D eigenvalue weighted by atomic mass is 9.91. The number of H-pyrrole nitrogens is 2. The van der Waals surface area contributed by atoms with E-state index < -0.39 is 0 Å². The lowest BCUT2D eigenvalue weighted by molar-refractivity contribution is 0.307. The number of benzene rings is 2. The van der Waals surface area contributed by atoms with Crippen molar-refractivity contribution in [1.82, 2.24) is 29.7 Å². The third-order valence-electron chi connectivity index (χ3n) is 8.62. The minimum atomic E-state index is 0.404. The van der Waals surface area contributed by atoms with E-state index in [0.29, 0.717) is 12.1 Å². The van der Waals surface area contributed by atoms with E-state index in [1.165, 1.54) is 42.5 Å². The normalized spacial score (nSPS) is 21.2. The van der Waals surface area contributed by atoms with Crippen molar-refractivity contribution in [3.05, 3.63) is 82.7 Å². The summed E-state index contributed by atoms with van der Waals surface area (Å²) in [5, 5.41) is 0. The number of aryl methyl sites for hydroxylation is 2. The highest BCUT2D eigenvalue weighted by Gasteiger charge is 2.29. The Morgan fingerprint density at radius 1 is 0.816 bits per heavy atom. The van der Waals surface area contributed by atoms with Crippen LogP contribution >= 0.6 is 0 Å². The van der Waals surface area contributed by atoms with E-state index in [0.717, 1.165) is 65.7 Å². The quantitative estimate of drug-likeness (QED) is 0.363. The first-order valence-electron chi connectivity index (χ1n) is 13.9. The van der Waals surface area contributed by atoms with Gasteiger partial charge in [0.1, 0.15) is 11.6 Å². The first kappa shape index (κ1) is 23.5. The second kappa shape index (κ2) is 9.58. The van der Waals surface area contributed by atoms with E-state index in [1.54, 1.807) is 0 Å². The van der Waals surface area contributed by atoms with Crippen LogP contribution in [0.15, 0.2) is 48.7 Å². The Balaban J connectivity index is 1.07. The van der Waals surface area contributed by atoms with Gasteiger partial charge in [-0.15, -0.1) is 0 Å². The van der Waals surface area contributed by atoms with Gasteiger partial charge >= 0.3 is 0 Å². The van der Waals surface area contributed by atoms with Crippen LogP contribution in [0.25, 0.3) is 22.5 Å². The molecule has 6 nitrogen and oxygen atoms in total. The van der Waals surface area contributed by atoms with Crippen molar-refractivity contribution < 1.29 is 0 Å². The molecule has 1 aliphatic carbocycles. The lowest BCUT2D eigenvalue weighted by Crippen LogP contribution is -2.18. The average molecular weight is 503 g/mol. The van der Waals surface area contributed by atoms with E-state index in [2.05, 4.69) is 93.2 Å². The molecule has 2 atom stereocenters. The van der Waals surface area contributed by atoms with Gasteiger partial charge in [-0.3, -0.25) is 9.80 Å². The molecule has 192 valence electrons. The van der Waals surface area contributed by atoms with Crippen molar-refractivity contribution >= 4 is 0 Å². The SMILES string of the molecule is CN1CCCC1c1ncc(-c2ccc(C#Cc3ccc4c(c3)CCc3[nH]c(C5CCCN5C)nc3-4)cc2)[nH]1. The van der Waals surface area contributed by atoms with Crippen molar-refractivity contribution in [3.63, 3.8) is 0 Å². The summed E-state index contributed by atoms with van der Waals surface area (Å²) >= 11 is 0. The molecule has 2 aromatic heterocycles. The van der Waals surface area contributed by atoms with Gasteiger partial charge in [-0.25, -0.2) is 9.97 Å². The molecule has 4 aromatic rings. The van der Waals surface area contributed by atoms with Crippen LogP contribution in [0.2, 0.25) is 0 Å². The molecule has 0 bridgehead atoms. The standard InChI is InChI=1S/C32H34N6/c1-37-17-3-5-28(37)31-33-20-27(35-31)23-12-9-21(10-13-23)7-8-22-11-15-25-24(19-22)14-16-26-30(25)36-32(34-26)29-6-4-18-38(29)2/h9-13,15,19-20,28-29H,3-6,14,16-18H2,1-2H3,(H,33,35)(H,34,36). The van der Waals surface area contributed by atoms with Crippen LogP contribution in [0.1, 0.15) is 71.8 Å². The minimum absolute atomic E-state index is 0.404. The van der Waals surface area contributed by atoms with Crippen molar-refractivity contribution in [2.75, 3.05) is 27.2 Å². The summed E-state index contributed by atoms with van der Waals surface area (Å²) in [4.78, 5) is 21.7. The number of nitrogens with one attached hydrogen (secondary N) is 2. The molecule has 3 aliphatic rings. The zero-order chi connectivity index (χ0) is 25.6. The summed E-state index contributed by atoms with van der Waals surface area (Å²) in [6.07, 6.45) is 8.83. The summed E-state index contributed by atoms with van der Waals surface area (Å²) < 4.78 is 0. The zero-order valence-corrected chi connectivity index (χ0v) is 22.2. The molecule has 0 amide bonds. The van der Waals surface area contributed by atoms with Gasteiger partial charge in [-0.05, 0) is 101 Å². The predicted octanol–water partition coefficient (Wildman–Crippen LogP) is 5.50. The Bertz CT molecular complexity index is 1530. The number of aromatic amines is 2. The monoisotopic (exact) mass is 502 g/mol. The third-order valence-corrected chi connectivity index (χ3v) is 8.62. The van der Waals surface area contributed by atoms with Crippen LogP contribution in [0.3, 0.4) is 0 Å². The van der Waals surface area contributed by atoms with E-state index in [-0.39, 0.29) is 0 Å². The number of aromatic nitrogens is 4. The van der Waals surface area contributed by atoms with Crippen LogP contribution in [0.4, 0.5) is 0 Å². The van der Waals surface area contributed by atoms with Gasteiger partial charge in [0.15, 0.2) is 0 Å². The summed E-state index contributed by atoms with van der Waals surface area (Å²) in [6, 6.07) is 15.9. The molecule has 4 heterocycles. The smallest absolute Gasteiger partial charge is 0.124 e. The van der Waals surface area contributed by atoms with Gasteiger partial charge in [0.25, 0.3) is 0 Å². The van der Waals surface area contributed by atoms with Crippen molar-refractivity contribution in [1.29, 1.82) is 0 Å². The third kappa shape index (κ3) is 4.26. The van der Waals surface area contributed by atoms with Crippen molar-refractivity contribution in [3.8, 4) is 34.4 Å². The minimum Gasteiger partial charge on any atom is -0.344 e. The molecular weight excluding hydrogens is 468 g/mol. The molecule has 2 saturated heterocycles. The van der Waals surface area contributed by atoms with E-state index >= 15 is 0 Å². The Morgan fingerprint density at radius 3 is 2.26 bits per heavy atom. The van der Waals surface area contributed by atoms with E-state index in [4.69, 9.17) is 4.98 Å². The molecule has 2 N–H and O–H groups in total. The van der Waals surface area contributed by atoms with Crippen molar-refractivity contribution in [2.24, 2.45) is 0 Å². The molecule has 7 rings (SSSR count). The maximum absolute atomic E-state index is 5.07. The predicted molar refractivity (Wildman–Crippen MR) is 151 cm³/mol. The highest BCUT2D eigenvalue weighted by molar-refractivity contribution is 5.70. The van der Waals surface area contributed by atoms with Crippen molar-refractivity contribution in [2.45, 2.75) is 50.6 Å².